The maximum Gasteiger partial charge on any atom is 0.173 e. The van der Waals surface area contributed by atoms with Crippen LogP contribution in [-0.2, 0) is 0 Å². The van der Waals surface area contributed by atoms with Gasteiger partial charge in [-0.25, -0.2) is 4.39 Å². The van der Waals surface area contributed by atoms with Crippen molar-refractivity contribution in [3.8, 4) is 11.5 Å². The van der Waals surface area contributed by atoms with Crippen molar-refractivity contribution in [2.45, 2.75) is 6.92 Å². The highest BCUT2D eigenvalue weighted by Crippen LogP contribution is 2.33. The van der Waals surface area contributed by atoms with Crippen molar-refractivity contribution in [3.63, 3.8) is 0 Å². The van der Waals surface area contributed by atoms with E-state index in [-0.39, 0.29) is 17.1 Å². The minimum atomic E-state index is -0.557. The Hall–Kier alpha value is -1.68. The van der Waals surface area contributed by atoms with E-state index in [0.717, 1.165) is 0 Å². The molecule has 0 radical (unpaired) electrons. The van der Waals surface area contributed by atoms with Crippen LogP contribution in [0.5, 0.6) is 11.5 Å². The van der Waals surface area contributed by atoms with Crippen LogP contribution in [0.2, 0.25) is 0 Å². The molecule has 92 valence electrons. The average molecular weight is 309 g/mol. The third-order valence-electron chi connectivity index (χ3n) is 2.39. The fourth-order valence-electron chi connectivity index (χ4n) is 1.53. The van der Waals surface area contributed by atoms with Crippen molar-refractivity contribution in [3.05, 3.63) is 58.3 Å². The molecule has 18 heavy (non-hydrogen) atoms. The summed E-state index contributed by atoms with van der Waals surface area (Å²) in [6.07, 6.45) is 0. The summed E-state index contributed by atoms with van der Waals surface area (Å²) in [5.74, 6) is -0.378. The van der Waals surface area contributed by atoms with Gasteiger partial charge in [0.15, 0.2) is 17.3 Å². The number of para-hydroxylation sites is 2. The smallest absolute Gasteiger partial charge is 0.173 e. The Bertz CT molecular complexity index is 596. The van der Waals surface area contributed by atoms with Gasteiger partial charge in [0.1, 0.15) is 5.75 Å². The summed E-state index contributed by atoms with van der Waals surface area (Å²) in [7, 11) is 0. The van der Waals surface area contributed by atoms with E-state index < -0.39 is 5.82 Å². The largest absolute Gasteiger partial charge is 0.452 e. The van der Waals surface area contributed by atoms with Gasteiger partial charge in [-0.3, -0.25) is 4.79 Å². The number of hydrogen-bond acceptors (Lipinski definition) is 2. The molecule has 0 unspecified atom stereocenters. The van der Waals surface area contributed by atoms with Crippen molar-refractivity contribution in [2.24, 2.45) is 0 Å². The molecule has 0 saturated heterocycles. The summed E-state index contributed by atoms with van der Waals surface area (Å²) in [5.41, 5.74) is 0.228. The molecule has 2 aromatic rings. The van der Waals surface area contributed by atoms with Gasteiger partial charge in [-0.15, -0.1) is 0 Å². The minimum absolute atomic E-state index is 0.0445. The third-order valence-corrected chi connectivity index (χ3v) is 3.05. The van der Waals surface area contributed by atoms with Crippen LogP contribution >= 0.6 is 15.9 Å². The molecule has 0 N–H and O–H groups in total. The second kappa shape index (κ2) is 5.31. The van der Waals surface area contributed by atoms with Gasteiger partial charge >= 0.3 is 0 Å². The summed E-state index contributed by atoms with van der Waals surface area (Å²) in [6, 6.07) is 11.4. The lowest BCUT2D eigenvalue weighted by atomic mass is 10.1. The zero-order chi connectivity index (χ0) is 13.1. The van der Waals surface area contributed by atoms with Crippen LogP contribution in [0.1, 0.15) is 17.3 Å². The first-order valence-corrected chi connectivity index (χ1v) is 6.10. The lowest BCUT2D eigenvalue weighted by molar-refractivity contribution is 0.101. The predicted molar refractivity (Wildman–Crippen MR) is 70.6 cm³/mol. The molecule has 0 aliphatic rings. The lowest BCUT2D eigenvalue weighted by Crippen LogP contribution is -1.99. The molecule has 2 nitrogen and oxygen atoms in total. The summed E-state index contributed by atoms with van der Waals surface area (Å²) in [6.45, 7) is 1.38. The molecular formula is C14H10BrFO2. The molecule has 0 heterocycles. The number of hydrogen-bond donors (Lipinski definition) is 0. The lowest BCUT2D eigenvalue weighted by Gasteiger charge is -2.11. The first kappa shape index (κ1) is 12.8. The number of rotatable bonds is 3. The number of carbonyl (C=O) groups is 1. The monoisotopic (exact) mass is 308 g/mol. The molecule has 4 heteroatoms. The Balaban J connectivity index is 2.46. The molecule has 0 bridgehead atoms. The molecule has 0 atom stereocenters. The fraction of sp³-hybridized carbons (Fsp3) is 0.0714. The van der Waals surface area contributed by atoms with Gasteiger partial charge in [0, 0.05) is 0 Å². The van der Waals surface area contributed by atoms with Crippen LogP contribution < -0.4 is 4.74 Å². The van der Waals surface area contributed by atoms with Crippen LogP contribution in [0, 0.1) is 5.82 Å². The number of halogens is 2. The van der Waals surface area contributed by atoms with E-state index in [9.17, 15) is 9.18 Å². The zero-order valence-electron chi connectivity index (χ0n) is 9.61. The SMILES string of the molecule is CC(=O)c1cccc(F)c1Oc1ccccc1Br. The van der Waals surface area contributed by atoms with E-state index in [1.54, 1.807) is 18.2 Å². The summed E-state index contributed by atoms with van der Waals surface area (Å²) in [4.78, 5) is 11.4. The molecule has 0 fully saturated rings. The summed E-state index contributed by atoms with van der Waals surface area (Å²) >= 11 is 3.31. The van der Waals surface area contributed by atoms with E-state index in [0.29, 0.717) is 10.2 Å². The standard InChI is InChI=1S/C14H10BrFO2/c1-9(17)10-5-4-7-12(16)14(10)18-13-8-3-2-6-11(13)15/h2-8H,1H3. The third kappa shape index (κ3) is 2.59. The first-order valence-electron chi connectivity index (χ1n) is 5.31. The van der Waals surface area contributed by atoms with Crippen LogP contribution in [-0.4, -0.2) is 5.78 Å². The molecule has 0 amide bonds. The van der Waals surface area contributed by atoms with Crippen LogP contribution in [0.3, 0.4) is 0 Å². The Kier molecular flexibility index (Phi) is 3.77. The van der Waals surface area contributed by atoms with Crippen LogP contribution in [0.4, 0.5) is 4.39 Å². The minimum Gasteiger partial charge on any atom is -0.452 e. The number of carbonyl (C=O) groups excluding carboxylic acids is 1. The highest BCUT2D eigenvalue weighted by Gasteiger charge is 2.15. The molecule has 0 saturated carbocycles. The number of ketones is 1. The molecule has 2 aromatic carbocycles. The van der Waals surface area contributed by atoms with Gasteiger partial charge in [0.2, 0.25) is 0 Å². The summed E-state index contributed by atoms with van der Waals surface area (Å²) < 4.78 is 19.9. The van der Waals surface area contributed by atoms with Crippen LogP contribution in [0.25, 0.3) is 0 Å². The van der Waals surface area contributed by atoms with Crippen molar-refractivity contribution in [1.29, 1.82) is 0 Å². The number of ether oxygens (including phenoxy) is 1. The summed E-state index contributed by atoms with van der Waals surface area (Å²) in [5, 5.41) is 0. The van der Waals surface area contributed by atoms with E-state index in [2.05, 4.69) is 15.9 Å². The van der Waals surface area contributed by atoms with Crippen molar-refractivity contribution >= 4 is 21.7 Å². The van der Waals surface area contributed by atoms with E-state index in [4.69, 9.17) is 4.74 Å². The van der Waals surface area contributed by atoms with Gasteiger partial charge in [-0.1, -0.05) is 18.2 Å². The average Bonchev–Trinajstić information content (AvgIpc) is 2.34. The van der Waals surface area contributed by atoms with Crippen molar-refractivity contribution < 1.29 is 13.9 Å². The number of benzene rings is 2. The zero-order valence-corrected chi connectivity index (χ0v) is 11.2. The van der Waals surface area contributed by atoms with Gasteiger partial charge < -0.3 is 4.74 Å². The molecule has 2 rings (SSSR count). The van der Waals surface area contributed by atoms with Crippen LogP contribution in [0.15, 0.2) is 46.9 Å². The van der Waals surface area contributed by atoms with Crippen molar-refractivity contribution in [2.75, 3.05) is 0 Å². The maximum atomic E-state index is 13.7. The first-order chi connectivity index (χ1) is 8.59. The Morgan fingerprint density at radius 2 is 1.89 bits per heavy atom. The molecule has 0 aliphatic carbocycles. The Labute approximate surface area is 113 Å². The molecule has 0 aromatic heterocycles. The van der Waals surface area contributed by atoms with E-state index in [1.165, 1.54) is 25.1 Å². The van der Waals surface area contributed by atoms with Crippen molar-refractivity contribution in [1.82, 2.24) is 0 Å². The topological polar surface area (TPSA) is 26.3 Å². The second-order valence-corrected chi connectivity index (χ2v) is 4.56. The van der Waals surface area contributed by atoms with E-state index in [1.807, 2.05) is 6.07 Å². The van der Waals surface area contributed by atoms with Gasteiger partial charge in [0.05, 0.1) is 10.0 Å². The highest BCUT2D eigenvalue weighted by atomic mass is 79.9. The molecule has 0 aliphatic heterocycles. The van der Waals surface area contributed by atoms with E-state index >= 15 is 0 Å². The highest BCUT2D eigenvalue weighted by molar-refractivity contribution is 9.10. The predicted octanol–water partition coefficient (Wildman–Crippen LogP) is 4.58. The normalized spacial score (nSPS) is 10.2. The second-order valence-electron chi connectivity index (χ2n) is 3.71. The Morgan fingerprint density at radius 1 is 1.17 bits per heavy atom. The molecule has 0 spiro atoms. The number of Topliss-reactive ketones (excluding diaryl/α,β-unsaturated/α-hetero) is 1. The quantitative estimate of drug-likeness (QED) is 0.776. The van der Waals surface area contributed by atoms with Gasteiger partial charge in [-0.2, -0.15) is 0 Å². The Morgan fingerprint density at radius 3 is 2.56 bits per heavy atom. The molecular weight excluding hydrogens is 299 g/mol. The van der Waals surface area contributed by atoms with Gasteiger partial charge in [-0.05, 0) is 47.1 Å². The van der Waals surface area contributed by atoms with Gasteiger partial charge in [0.25, 0.3) is 0 Å². The fourth-order valence-corrected chi connectivity index (χ4v) is 1.89. The maximum absolute atomic E-state index is 13.7.